The van der Waals surface area contributed by atoms with Gasteiger partial charge >= 0.3 is 0 Å². The van der Waals surface area contributed by atoms with E-state index in [0.29, 0.717) is 17.7 Å². The van der Waals surface area contributed by atoms with Gasteiger partial charge in [0.15, 0.2) is 0 Å². The third-order valence-electron chi connectivity index (χ3n) is 4.29. The molecule has 1 heterocycles. The van der Waals surface area contributed by atoms with E-state index in [0.717, 1.165) is 0 Å². The number of rotatable bonds is 6. The molecule has 0 aliphatic heterocycles. The van der Waals surface area contributed by atoms with Crippen molar-refractivity contribution in [1.82, 2.24) is 20.7 Å². The van der Waals surface area contributed by atoms with E-state index in [1.807, 2.05) is 19.9 Å². The Hall–Kier alpha value is -3.09. The Bertz CT molecular complexity index is 770. The van der Waals surface area contributed by atoms with Gasteiger partial charge in [-0.15, -0.1) is 0 Å². The smallest absolute Gasteiger partial charge is 0.286 e. The van der Waals surface area contributed by atoms with E-state index in [1.54, 1.807) is 54.2 Å². The molecule has 7 nitrogen and oxygen atoms in total. The molecule has 26 heavy (non-hydrogen) atoms. The highest BCUT2D eigenvalue weighted by Crippen LogP contribution is 2.09. The lowest BCUT2D eigenvalue weighted by Crippen LogP contribution is -2.54. The minimum Gasteiger partial charge on any atom is -0.347 e. The maximum absolute atomic E-state index is 12.5. The van der Waals surface area contributed by atoms with E-state index in [4.69, 9.17) is 0 Å². The normalized spacial score (nSPS) is 12.7. The number of aryl methyl sites for hydroxylation is 1. The molecule has 0 aliphatic carbocycles. The van der Waals surface area contributed by atoms with Crippen LogP contribution >= 0.6 is 0 Å². The molecule has 0 fully saturated rings. The zero-order valence-corrected chi connectivity index (χ0v) is 15.2. The van der Waals surface area contributed by atoms with Gasteiger partial charge in [0.05, 0.1) is 0 Å². The highest BCUT2D eigenvalue weighted by Gasteiger charge is 2.26. The number of hydrogen-bond donors (Lipinski definition) is 3. The van der Waals surface area contributed by atoms with Gasteiger partial charge in [0.2, 0.25) is 0 Å². The van der Waals surface area contributed by atoms with Crippen molar-refractivity contribution in [2.24, 2.45) is 13.0 Å². The summed E-state index contributed by atoms with van der Waals surface area (Å²) in [4.78, 5) is 37.0. The number of nitrogens with one attached hydrogen (secondary N) is 3. The van der Waals surface area contributed by atoms with Crippen LogP contribution in [-0.4, -0.2) is 28.3 Å². The van der Waals surface area contributed by atoms with Crippen LogP contribution in [-0.2, 0) is 11.8 Å². The van der Waals surface area contributed by atoms with Crippen molar-refractivity contribution in [2.75, 3.05) is 0 Å². The number of amides is 3. The second kappa shape index (κ2) is 8.84. The molecule has 1 aromatic heterocycles. The van der Waals surface area contributed by atoms with Crippen LogP contribution in [0.15, 0.2) is 48.7 Å². The first-order valence-electron chi connectivity index (χ1n) is 8.51. The molecule has 138 valence electrons. The standard InChI is InChI=1S/C19H24N4O3/c1-4-13(2)16(20-17(24)14-9-6-5-7-10-14)19(26)22-21-18(25)15-11-8-12-23(15)3/h5-13,16H,4H2,1-3H3,(H,20,24)(H,21,25)(H,22,26). The molecular formula is C19H24N4O3. The molecule has 0 saturated carbocycles. The van der Waals surface area contributed by atoms with Crippen molar-refractivity contribution in [3.8, 4) is 0 Å². The quantitative estimate of drug-likeness (QED) is 0.687. The van der Waals surface area contributed by atoms with Gasteiger partial charge in [-0.05, 0) is 30.2 Å². The number of nitrogens with zero attached hydrogens (tertiary/aromatic N) is 1. The minimum atomic E-state index is -0.763. The Balaban J connectivity index is 2.01. The van der Waals surface area contributed by atoms with Crippen molar-refractivity contribution in [3.63, 3.8) is 0 Å². The maximum atomic E-state index is 12.5. The highest BCUT2D eigenvalue weighted by molar-refractivity contribution is 5.98. The Kier molecular flexibility index (Phi) is 6.54. The predicted octanol–water partition coefficient (Wildman–Crippen LogP) is 1.63. The number of aromatic nitrogens is 1. The van der Waals surface area contributed by atoms with Crippen molar-refractivity contribution in [2.45, 2.75) is 26.3 Å². The van der Waals surface area contributed by atoms with Gasteiger partial charge in [0.25, 0.3) is 17.7 Å². The van der Waals surface area contributed by atoms with Crippen LogP contribution < -0.4 is 16.2 Å². The Labute approximate surface area is 152 Å². The lowest BCUT2D eigenvalue weighted by molar-refractivity contribution is -0.124. The number of benzene rings is 1. The first-order valence-corrected chi connectivity index (χ1v) is 8.51. The average molecular weight is 356 g/mol. The molecule has 7 heteroatoms. The summed E-state index contributed by atoms with van der Waals surface area (Å²) in [7, 11) is 1.73. The lowest BCUT2D eigenvalue weighted by Gasteiger charge is -2.23. The van der Waals surface area contributed by atoms with Crippen molar-refractivity contribution in [1.29, 1.82) is 0 Å². The van der Waals surface area contributed by atoms with Crippen LogP contribution in [0.25, 0.3) is 0 Å². The molecule has 0 saturated heterocycles. The fourth-order valence-electron chi connectivity index (χ4n) is 2.47. The highest BCUT2D eigenvalue weighted by atomic mass is 16.2. The minimum absolute atomic E-state index is 0.102. The van der Waals surface area contributed by atoms with Gasteiger partial charge in [-0.3, -0.25) is 25.2 Å². The molecule has 1 aromatic carbocycles. The van der Waals surface area contributed by atoms with Crippen molar-refractivity contribution in [3.05, 3.63) is 59.9 Å². The topological polar surface area (TPSA) is 92.2 Å². The van der Waals surface area contributed by atoms with Gasteiger partial charge in [-0.1, -0.05) is 38.5 Å². The van der Waals surface area contributed by atoms with Gasteiger partial charge in [-0.25, -0.2) is 0 Å². The molecule has 0 spiro atoms. The monoisotopic (exact) mass is 356 g/mol. The summed E-state index contributed by atoms with van der Waals surface area (Å²) in [5.41, 5.74) is 5.68. The molecule has 3 amide bonds. The zero-order valence-electron chi connectivity index (χ0n) is 15.2. The molecule has 3 N–H and O–H groups in total. The first-order chi connectivity index (χ1) is 12.4. The molecule has 0 bridgehead atoms. The molecule has 2 atom stereocenters. The summed E-state index contributed by atoms with van der Waals surface area (Å²) >= 11 is 0. The van der Waals surface area contributed by atoms with Crippen molar-refractivity contribution >= 4 is 17.7 Å². The van der Waals surface area contributed by atoms with E-state index in [2.05, 4.69) is 16.2 Å². The summed E-state index contributed by atoms with van der Waals surface area (Å²) in [6, 6.07) is 11.3. The van der Waals surface area contributed by atoms with E-state index in [1.165, 1.54) is 0 Å². The van der Waals surface area contributed by atoms with E-state index < -0.39 is 17.9 Å². The fraction of sp³-hybridized carbons (Fsp3) is 0.316. The second-order valence-corrected chi connectivity index (χ2v) is 6.15. The molecule has 0 radical (unpaired) electrons. The van der Waals surface area contributed by atoms with Gasteiger partial charge in [-0.2, -0.15) is 0 Å². The number of carbonyl (C=O) groups excluding carboxylic acids is 3. The Morgan fingerprint density at radius 1 is 1.00 bits per heavy atom. The van der Waals surface area contributed by atoms with Crippen LogP contribution in [0.2, 0.25) is 0 Å². The van der Waals surface area contributed by atoms with Crippen LogP contribution in [0.3, 0.4) is 0 Å². The summed E-state index contributed by atoms with van der Waals surface area (Å²) in [5.74, 6) is -1.33. The first kappa shape index (κ1) is 19.2. The van der Waals surface area contributed by atoms with Crippen LogP contribution in [0.4, 0.5) is 0 Å². The zero-order chi connectivity index (χ0) is 19.1. The van der Waals surface area contributed by atoms with Crippen LogP contribution in [0, 0.1) is 5.92 Å². The molecule has 2 aromatic rings. The van der Waals surface area contributed by atoms with Crippen molar-refractivity contribution < 1.29 is 14.4 Å². The van der Waals surface area contributed by atoms with Gasteiger partial charge in [0.1, 0.15) is 11.7 Å². The number of hydrazine groups is 1. The van der Waals surface area contributed by atoms with Gasteiger partial charge in [0, 0.05) is 18.8 Å². The Morgan fingerprint density at radius 2 is 1.69 bits per heavy atom. The molecule has 0 aliphatic rings. The summed E-state index contributed by atoms with van der Waals surface area (Å²) in [6.07, 6.45) is 2.43. The van der Waals surface area contributed by atoms with Crippen LogP contribution in [0.5, 0.6) is 0 Å². The summed E-state index contributed by atoms with van der Waals surface area (Å²) in [6.45, 7) is 3.80. The SMILES string of the molecule is CCC(C)C(NC(=O)c1ccccc1)C(=O)NNC(=O)c1cccn1C. The molecule has 2 unspecified atom stereocenters. The number of carbonyl (C=O) groups is 3. The van der Waals surface area contributed by atoms with Crippen LogP contribution in [0.1, 0.15) is 41.1 Å². The van der Waals surface area contributed by atoms with E-state index in [-0.39, 0.29) is 11.8 Å². The second-order valence-electron chi connectivity index (χ2n) is 6.15. The third kappa shape index (κ3) is 4.72. The largest absolute Gasteiger partial charge is 0.347 e. The predicted molar refractivity (Wildman–Crippen MR) is 98.2 cm³/mol. The summed E-state index contributed by atoms with van der Waals surface area (Å²) < 4.78 is 1.64. The molecule has 2 rings (SSSR count). The number of hydrogen-bond acceptors (Lipinski definition) is 3. The summed E-state index contributed by atoms with van der Waals surface area (Å²) in [5, 5.41) is 2.75. The van der Waals surface area contributed by atoms with E-state index >= 15 is 0 Å². The molecular weight excluding hydrogens is 332 g/mol. The Morgan fingerprint density at radius 3 is 2.27 bits per heavy atom. The maximum Gasteiger partial charge on any atom is 0.286 e. The van der Waals surface area contributed by atoms with Gasteiger partial charge < -0.3 is 9.88 Å². The lowest BCUT2D eigenvalue weighted by atomic mass is 9.98. The van der Waals surface area contributed by atoms with E-state index in [9.17, 15) is 14.4 Å². The third-order valence-corrected chi connectivity index (χ3v) is 4.29. The average Bonchev–Trinajstić information content (AvgIpc) is 3.09. The fourth-order valence-corrected chi connectivity index (χ4v) is 2.47.